The zero-order chi connectivity index (χ0) is 12.6. The van der Waals surface area contributed by atoms with Gasteiger partial charge in [0.1, 0.15) is 5.54 Å². The van der Waals surface area contributed by atoms with Gasteiger partial charge in [-0.25, -0.2) is 4.79 Å². The number of nitro benzene ring substituents is 1. The minimum atomic E-state index is -1.40. The van der Waals surface area contributed by atoms with Crippen molar-refractivity contribution in [1.29, 1.82) is 0 Å². The van der Waals surface area contributed by atoms with Crippen molar-refractivity contribution in [2.75, 3.05) is 0 Å². The number of urea groups is 1. The van der Waals surface area contributed by atoms with Gasteiger partial charge in [0, 0.05) is 6.07 Å². The second-order valence-corrected chi connectivity index (χ2v) is 3.81. The lowest BCUT2D eigenvalue weighted by molar-refractivity contribution is -0.386. The van der Waals surface area contributed by atoms with Crippen LogP contribution in [0.4, 0.5) is 10.5 Å². The van der Waals surface area contributed by atoms with Gasteiger partial charge in [-0.05, 0) is 13.0 Å². The number of imide groups is 1. The smallest absolute Gasteiger partial charge is 0.319 e. The molecule has 17 heavy (non-hydrogen) atoms. The van der Waals surface area contributed by atoms with E-state index in [1.807, 2.05) is 0 Å². The van der Waals surface area contributed by atoms with Crippen LogP contribution in [0.3, 0.4) is 0 Å². The SMILES string of the molecule is CC1(c2ccccc2[N+](=O)[O-])NC(=O)NC1=O. The fourth-order valence-corrected chi connectivity index (χ4v) is 1.79. The van der Waals surface area contributed by atoms with Gasteiger partial charge in [-0.15, -0.1) is 0 Å². The Hall–Kier alpha value is -2.44. The summed E-state index contributed by atoms with van der Waals surface area (Å²) in [6, 6.07) is 5.16. The van der Waals surface area contributed by atoms with Crippen LogP contribution < -0.4 is 10.6 Å². The summed E-state index contributed by atoms with van der Waals surface area (Å²) < 4.78 is 0. The summed E-state index contributed by atoms with van der Waals surface area (Å²) in [5.74, 6) is -0.600. The largest absolute Gasteiger partial charge is 0.322 e. The summed E-state index contributed by atoms with van der Waals surface area (Å²) in [6.07, 6.45) is 0. The number of carbonyl (C=O) groups is 2. The van der Waals surface area contributed by atoms with Crippen LogP contribution in [0.1, 0.15) is 12.5 Å². The number of amides is 3. The average molecular weight is 235 g/mol. The molecule has 2 rings (SSSR count). The number of nitrogens with one attached hydrogen (secondary N) is 2. The standard InChI is InChI=1S/C10H9N3O4/c1-10(8(14)11-9(15)12-10)6-4-2-3-5-7(6)13(16)17/h2-5H,1H3,(H2,11,12,14,15). The molecule has 7 nitrogen and oxygen atoms in total. The van der Waals surface area contributed by atoms with Crippen LogP contribution in [-0.2, 0) is 10.3 Å². The Balaban J connectivity index is 2.57. The highest BCUT2D eigenvalue weighted by atomic mass is 16.6. The molecule has 0 radical (unpaired) electrons. The highest BCUT2D eigenvalue weighted by Crippen LogP contribution is 2.31. The van der Waals surface area contributed by atoms with Crippen molar-refractivity contribution in [2.45, 2.75) is 12.5 Å². The Kier molecular flexibility index (Phi) is 2.31. The molecular formula is C10H9N3O4. The molecular weight excluding hydrogens is 226 g/mol. The molecule has 1 aliphatic rings. The lowest BCUT2D eigenvalue weighted by Crippen LogP contribution is -2.41. The van der Waals surface area contributed by atoms with Crippen LogP contribution in [0.5, 0.6) is 0 Å². The molecule has 1 aromatic rings. The van der Waals surface area contributed by atoms with Gasteiger partial charge in [-0.1, -0.05) is 12.1 Å². The number of hydrogen-bond acceptors (Lipinski definition) is 4. The number of hydrogen-bond donors (Lipinski definition) is 2. The van der Waals surface area contributed by atoms with E-state index < -0.39 is 22.4 Å². The molecule has 0 spiro atoms. The maximum Gasteiger partial charge on any atom is 0.322 e. The van der Waals surface area contributed by atoms with Crippen LogP contribution >= 0.6 is 0 Å². The number of carbonyl (C=O) groups excluding carboxylic acids is 2. The molecule has 3 amide bonds. The molecule has 1 heterocycles. The number of para-hydroxylation sites is 1. The van der Waals surface area contributed by atoms with Crippen LogP contribution in [0.15, 0.2) is 24.3 Å². The molecule has 88 valence electrons. The fraction of sp³-hybridized carbons (Fsp3) is 0.200. The van der Waals surface area contributed by atoms with Gasteiger partial charge in [0.25, 0.3) is 11.6 Å². The molecule has 0 bridgehead atoms. The second-order valence-electron chi connectivity index (χ2n) is 3.81. The Morgan fingerprint density at radius 3 is 2.47 bits per heavy atom. The predicted octanol–water partition coefficient (Wildman–Crippen LogP) is 0.649. The lowest BCUT2D eigenvalue weighted by Gasteiger charge is -2.20. The monoisotopic (exact) mass is 235 g/mol. The quantitative estimate of drug-likeness (QED) is 0.446. The van der Waals surface area contributed by atoms with Gasteiger partial charge in [0.15, 0.2) is 0 Å². The summed E-state index contributed by atoms with van der Waals surface area (Å²) in [5, 5.41) is 15.3. The minimum absolute atomic E-state index is 0.161. The maximum absolute atomic E-state index is 11.7. The third-order valence-electron chi connectivity index (χ3n) is 2.68. The highest BCUT2D eigenvalue weighted by molar-refractivity contribution is 6.07. The zero-order valence-corrected chi connectivity index (χ0v) is 8.89. The van der Waals surface area contributed by atoms with Gasteiger partial charge in [-0.2, -0.15) is 0 Å². The average Bonchev–Trinajstić information content (AvgIpc) is 2.53. The summed E-state index contributed by atoms with van der Waals surface area (Å²) in [4.78, 5) is 33.1. The molecule has 1 aromatic carbocycles. The Labute approximate surface area is 96.0 Å². The van der Waals surface area contributed by atoms with Crippen molar-refractivity contribution in [3.05, 3.63) is 39.9 Å². The fourth-order valence-electron chi connectivity index (χ4n) is 1.79. The third kappa shape index (κ3) is 1.61. The zero-order valence-electron chi connectivity index (χ0n) is 8.89. The maximum atomic E-state index is 11.7. The molecule has 1 fully saturated rings. The van der Waals surface area contributed by atoms with Crippen LogP contribution in [0.25, 0.3) is 0 Å². The summed E-state index contributed by atoms with van der Waals surface area (Å²) in [7, 11) is 0. The molecule has 2 N–H and O–H groups in total. The molecule has 0 aromatic heterocycles. The van der Waals surface area contributed by atoms with Crippen molar-refractivity contribution >= 4 is 17.6 Å². The van der Waals surface area contributed by atoms with Crippen molar-refractivity contribution < 1.29 is 14.5 Å². The van der Waals surface area contributed by atoms with E-state index in [1.54, 1.807) is 6.07 Å². The van der Waals surface area contributed by atoms with E-state index in [-0.39, 0.29) is 11.3 Å². The van der Waals surface area contributed by atoms with Crippen molar-refractivity contribution in [3.8, 4) is 0 Å². The number of benzene rings is 1. The van der Waals surface area contributed by atoms with Crippen LogP contribution in [-0.4, -0.2) is 16.9 Å². The molecule has 1 unspecified atom stereocenters. The first-order chi connectivity index (χ1) is 7.95. The van der Waals surface area contributed by atoms with E-state index in [2.05, 4.69) is 10.6 Å². The number of nitrogens with zero attached hydrogens (tertiary/aromatic N) is 1. The number of rotatable bonds is 2. The second kappa shape index (κ2) is 3.55. The molecule has 7 heteroatoms. The van der Waals surface area contributed by atoms with Crippen LogP contribution in [0, 0.1) is 10.1 Å². The third-order valence-corrected chi connectivity index (χ3v) is 2.68. The van der Waals surface area contributed by atoms with E-state index in [0.717, 1.165) is 0 Å². The number of nitro groups is 1. The minimum Gasteiger partial charge on any atom is -0.319 e. The van der Waals surface area contributed by atoms with Crippen molar-refractivity contribution in [1.82, 2.24) is 10.6 Å². The first-order valence-electron chi connectivity index (χ1n) is 4.82. The molecule has 1 aliphatic heterocycles. The van der Waals surface area contributed by atoms with E-state index in [9.17, 15) is 19.7 Å². The van der Waals surface area contributed by atoms with Gasteiger partial charge in [0.05, 0.1) is 10.5 Å². The van der Waals surface area contributed by atoms with Gasteiger partial charge < -0.3 is 5.32 Å². The molecule has 0 aliphatic carbocycles. The van der Waals surface area contributed by atoms with Crippen LogP contribution in [0.2, 0.25) is 0 Å². The first-order valence-corrected chi connectivity index (χ1v) is 4.82. The molecule has 1 saturated heterocycles. The van der Waals surface area contributed by atoms with E-state index >= 15 is 0 Å². The Bertz CT molecular complexity index is 528. The topological polar surface area (TPSA) is 101 Å². The summed E-state index contributed by atoms with van der Waals surface area (Å²) >= 11 is 0. The van der Waals surface area contributed by atoms with Gasteiger partial charge in [-0.3, -0.25) is 20.2 Å². The van der Waals surface area contributed by atoms with E-state index in [0.29, 0.717) is 0 Å². The molecule has 1 atom stereocenters. The van der Waals surface area contributed by atoms with Gasteiger partial charge >= 0.3 is 6.03 Å². The Morgan fingerprint density at radius 2 is 1.94 bits per heavy atom. The Morgan fingerprint density at radius 1 is 1.29 bits per heavy atom. The summed E-state index contributed by atoms with van der Waals surface area (Å²) in [6.45, 7) is 1.43. The van der Waals surface area contributed by atoms with E-state index in [4.69, 9.17) is 0 Å². The van der Waals surface area contributed by atoms with Gasteiger partial charge in [0.2, 0.25) is 0 Å². The first kappa shape index (κ1) is 11.1. The molecule has 0 saturated carbocycles. The normalized spacial score (nSPS) is 23.1. The van der Waals surface area contributed by atoms with Crippen molar-refractivity contribution in [2.24, 2.45) is 0 Å². The van der Waals surface area contributed by atoms with E-state index in [1.165, 1.54) is 25.1 Å². The highest BCUT2D eigenvalue weighted by Gasteiger charge is 2.46. The lowest BCUT2D eigenvalue weighted by atomic mass is 9.91. The predicted molar refractivity (Wildman–Crippen MR) is 57.1 cm³/mol. The summed E-state index contributed by atoms with van der Waals surface area (Å²) in [5.41, 5.74) is -1.44. The van der Waals surface area contributed by atoms with Crippen molar-refractivity contribution in [3.63, 3.8) is 0 Å².